The first-order valence-corrected chi connectivity index (χ1v) is 6.57. The molecule has 0 aliphatic rings. The molecule has 0 atom stereocenters. The van der Waals surface area contributed by atoms with Gasteiger partial charge in [0.1, 0.15) is 6.61 Å². The largest absolute Gasteiger partial charge is 0.444 e. The summed E-state index contributed by atoms with van der Waals surface area (Å²) in [5.41, 5.74) is 0.924. The zero-order valence-corrected chi connectivity index (χ0v) is 12.0. The lowest BCUT2D eigenvalue weighted by atomic mass is 9.91. The van der Waals surface area contributed by atoms with E-state index in [1.54, 1.807) is 6.07 Å². The van der Waals surface area contributed by atoms with Gasteiger partial charge in [-0.3, -0.25) is 5.32 Å². The standard InChI is InChI=1S/C15H18N2O4/c1-15(2,10-18)12-8-13(21-17-12)16-14(19)20-9-11-6-4-3-5-7-11/h3-8,18H,9-10H2,1-2H3,(H,16,19). The number of benzene rings is 1. The average Bonchev–Trinajstić information content (AvgIpc) is 2.95. The van der Waals surface area contributed by atoms with Crippen molar-refractivity contribution in [3.05, 3.63) is 47.7 Å². The van der Waals surface area contributed by atoms with Crippen LogP contribution in [0.25, 0.3) is 0 Å². The number of nitrogens with one attached hydrogen (secondary N) is 1. The first-order valence-electron chi connectivity index (χ1n) is 6.57. The zero-order chi connectivity index (χ0) is 15.3. The highest BCUT2D eigenvalue weighted by Gasteiger charge is 2.24. The summed E-state index contributed by atoms with van der Waals surface area (Å²) in [4.78, 5) is 11.6. The highest BCUT2D eigenvalue weighted by Crippen LogP contribution is 2.24. The normalized spacial score (nSPS) is 11.2. The van der Waals surface area contributed by atoms with Gasteiger partial charge in [-0.25, -0.2) is 4.79 Å². The number of hydrogen-bond acceptors (Lipinski definition) is 5. The number of amides is 1. The molecule has 1 aromatic heterocycles. The molecule has 6 nitrogen and oxygen atoms in total. The summed E-state index contributed by atoms with van der Waals surface area (Å²) in [6.45, 7) is 3.75. The van der Waals surface area contributed by atoms with Gasteiger partial charge in [0.05, 0.1) is 12.3 Å². The van der Waals surface area contributed by atoms with E-state index >= 15 is 0 Å². The summed E-state index contributed by atoms with van der Waals surface area (Å²) in [5.74, 6) is 0.185. The van der Waals surface area contributed by atoms with Crippen molar-refractivity contribution in [1.82, 2.24) is 5.16 Å². The van der Waals surface area contributed by atoms with Crippen molar-refractivity contribution in [2.24, 2.45) is 0 Å². The van der Waals surface area contributed by atoms with Crippen molar-refractivity contribution >= 4 is 12.0 Å². The highest BCUT2D eigenvalue weighted by molar-refractivity contribution is 5.82. The maximum Gasteiger partial charge on any atom is 0.414 e. The summed E-state index contributed by atoms with van der Waals surface area (Å²) in [5, 5.41) is 15.5. The van der Waals surface area contributed by atoms with Crippen LogP contribution in [-0.2, 0) is 16.8 Å². The Kier molecular flexibility index (Phi) is 4.59. The van der Waals surface area contributed by atoms with Crippen LogP contribution in [0.3, 0.4) is 0 Å². The quantitative estimate of drug-likeness (QED) is 0.884. The molecule has 2 N–H and O–H groups in total. The molecule has 0 saturated heterocycles. The molecule has 2 rings (SSSR count). The van der Waals surface area contributed by atoms with Crippen LogP contribution >= 0.6 is 0 Å². The van der Waals surface area contributed by atoms with Crippen molar-refractivity contribution in [1.29, 1.82) is 0 Å². The van der Waals surface area contributed by atoms with E-state index in [1.165, 1.54) is 0 Å². The fraction of sp³-hybridized carbons (Fsp3) is 0.333. The number of carbonyl (C=O) groups excluding carboxylic acids is 1. The molecule has 21 heavy (non-hydrogen) atoms. The topological polar surface area (TPSA) is 84.6 Å². The predicted molar refractivity (Wildman–Crippen MR) is 76.9 cm³/mol. The minimum Gasteiger partial charge on any atom is -0.444 e. The van der Waals surface area contributed by atoms with E-state index in [0.29, 0.717) is 5.69 Å². The molecule has 0 unspecified atom stereocenters. The van der Waals surface area contributed by atoms with Crippen LogP contribution in [0.4, 0.5) is 10.7 Å². The van der Waals surface area contributed by atoms with Crippen molar-refractivity contribution in [2.75, 3.05) is 11.9 Å². The molecule has 112 valence electrons. The van der Waals surface area contributed by atoms with Crippen LogP contribution in [0.2, 0.25) is 0 Å². The van der Waals surface area contributed by atoms with Crippen LogP contribution in [0, 0.1) is 0 Å². The minimum absolute atomic E-state index is 0.0720. The third-order valence-corrected chi connectivity index (χ3v) is 3.04. The monoisotopic (exact) mass is 290 g/mol. The van der Waals surface area contributed by atoms with Crippen LogP contribution in [-0.4, -0.2) is 23.0 Å². The third-order valence-electron chi connectivity index (χ3n) is 3.04. The predicted octanol–water partition coefficient (Wildman–Crippen LogP) is 2.69. The van der Waals surface area contributed by atoms with Gasteiger partial charge in [-0.05, 0) is 5.56 Å². The Morgan fingerprint density at radius 3 is 2.76 bits per heavy atom. The second-order valence-corrected chi connectivity index (χ2v) is 5.31. The fourth-order valence-corrected chi connectivity index (χ4v) is 1.59. The first-order chi connectivity index (χ1) is 10.0. The Labute approximate surface area is 122 Å². The van der Waals surface area contributed by atoms with Gasteiger partial charge in [0.2, 0.25) is 5.88 Å². The SMILES string of the molecule is CC(C)(CO)c1cc(NC(=O)OCc2ccccc2)on1. The number of hydrogen-bond donors (Lipinski definition) is 2. The van der Waals surface area contributed by atoms with Gasteiger partial charge < -0.3 is 14.4 Å². The van der Waals surface area contributed by atoms with Gasteiger partial charge in [0, 0.05) is 11.5 Å². The van der Waals surface area contributed by atoms with Crippen molar-refractivity contribution in [3.8, 4) is 0 Å². The smallest absolute Gasteiger partial charge is 0.414 e. The van der Waals surface area contributed by atoms with E-state index in [0.717, 1.165) is 5.56 Å². The maximum atomic E-state index is 11.6. The number of aliphatic hydroxyl groups excluding tert-OH is 1. The highest BCUT2D eigenvalue weighted by atomic mass is 16.6. The van der Waals surface area contributed by atoms with Crippen molar-refractivity contribution in [3.63, 3.8) is 0 Å². The molecule has 1 aromatic carbocycles. The van der Waals surface area contributed by atoms with Crippen LogP contribution < -0.4 is 5.32 Å². The lowest BCUT2D eigenvalue weighted by Crippen LogP contribution is -2.22. The summed E-state index contributed by atoms with van der Waals surface area (Å²) in [6.07, 6.45) is -0.622. The van der Waals surface area contributed by atoms with E-state index in [1.807, 2.05) is 44.2 Å². The number of aliphatic hydroxyl groups is 1. The summed E-state index contributed by atoms with van der Waals surface area (Å²) in [7, 11) is 0. The van der Waals surface area contributed by atoms with Crippen LogP contribution in [0.15, 0.2) is 40.9 Å². The Morgan fingerprint density at radius 1 is 1.38 bits per heavy atom. The Hall–Kier alpha value is -2.34. The zero-order valence-electron chi connectivity index (χ0n) is 12.0. The molecule has 0 spiro atoms. The fourth-order valence-electron chi connectivity index (χ4n) is 1.59. The van der Waals surface area contributed by atoms with Gasteiger partial charge in [-0.1, -0.05) is 49.3 Å². The molecule has 0 fully saturated rings. The van der Waals surface area contributed by atoms with Gasteiger partial charge >= 0.3 is 6.09 Å². The second kappa shape index (κ2) is 6.41. The van der Waals surface area contributed by atoms with Gasteiger partial charge in [0.25, 0.3) is 0 Å². The molecule has 0 aliphatic carbocycles. The number of nitrogens with zero attached hydrogens (tertiary/aromatic N) is 1. The minimum atomic E-state index is -0.622. The second-order valence-electron chi connectivity index (χ2n) is 5.31. The number of ether oxygens (including phenoxy) is 1. The van der Waals surface area contributed by atoms with Gasteiger partial charge in [-0.15, -0.1) is 0 Å². The molecule has 1 heterocycles. The van der Waals surface area contributed by atoms with Crippen molar-refractivity contribution in [2.45, 2.75) is 25.9 Å². The number of aromatic nitrogens is 1. The maximum absolute atomic E-state index is 11.6. The summed E-state index contributed by atoms with van der Waals surface area (Å²) < 4.78 is 10.1. The van der Waals surface area contributed by atoms with Gasteiger partial charge in [0.15, 0.2) is 0 Å². The lowest BCUT2D eigenvalue weighted by molar-refractivity contribution is 0.154. The number of carbonyl (C=O) groups is 1. The Morgan fingerprint density at radius 2 is 2.10 bits per heavy atom. The van der Waals surface area contributed by atoms with E-state index in [2.05, 4.69) is 10.5 Å². The summed E-state index contributed by atoms with van der Waals surface area (Å²) >= 11 is 0. The molecule has 2 aromatic rings. The van der Waals surface area contributed by atoms with Crippen LogP contribution in [0.1, 0.15) is 25.1 Å². The van der Waals surface area contributed by atoms with Crippen molar-refractivity contribution < 1.29 is 19.2 Å². The van der Waals surface area contributed by atoms with Crippen LogP contribution in [0.5, 0.6) is 0 Å². The molecule has 0 saturated carbocycles. The van der Waals surface area contributed by atoms with E-state index in [4.69, 9.17) is 9.26 Å². The molecular formula is C15H18N2O4. The van der Waals surface area contributed by atoms with Gasteiger partial charge in [-0.2, -0.15) is 0 Å². The van der Waals surface area contributed by atoms with E-state index in [9.17, 15) is 9.90 Å². The molecule has 0 radical (unpaired) electrons. The first kappa shape index (κ1) is 15.1. The molecule has 1 amide bonds. The molecule has 0 bridgehead atoms. The van der Waals surface area contributed by atoms with E-state index < -0.39 is 11.5 Å². The molecule has 0 aliphatic heterocycles. The third kappa shape index (κ3) is 4.06. The Balaban J connectivity index is 1.89. The number of anilines is 1. The molecule has 6 heteroatoms. The average molecular weight is 290 g/mol. The number of rotatable bonds is 5. The summed E-state index contributed by atoms with van der Waals surface area (Å²) in [6, 6.07) is 10.9. The molecular weight excluding hydrogens is 272 g/mol. The lowest BCUT2D eigenvalue weighted by Gasteiger charge is -2.16. The van der Waals surface area contributed by atoms with E-state index in [-0.39, 0.29) is 19.1 Å². The Bertz CT molecular complexity index is 593.